The second kappa shape index (κ2) is 5.92. The standard InChI is InChI=1S/C13H14N4O2/c14-12(15)11-13(17-7-6-16-11)19-10-4-2-1-3-9(10)5-8-18/h1-4,6-7,18H,5,8H2,(H3,14,15). The molecule has 0 radical (unpaired) electrons. The van der Waals surface area contributed by atoms with E-state index in [0.717, 1.165) is 5.56 Å². The molecule has 0 unspecified atom stereocenters. The number of hydrogen-bond donors (Lipinski definition) is 3. The minimum absolute atomic E-state index is 0.0282. The highest BCUT2D eigenvalue weighted by molar-refractivity contribution is 5.95. The van der Waals surface area contributed by atoms with Crippen LogP contribution in [0.25, 0.3) is 0 Å². The van der Waals surface area contributed by atoms with Crippen molar-refractivity contribution in [2.45, 2.75) is 6.42 Å². The first-order valence-electron chi connectivity index (χ1n) is 5.74. The van der Waals surface area contributed by atoms with Gasteiger partial charge in [0.1, 0.15) is 11.6 Å². The Bertz CT molecular complexity index is 586. The van der Waals surface area contributed by atoms with Gasteiger partial charge in [-0.1, -0.05) is 18.2 Å². The van der Waals surface area contributed by atoms with Crippen molar-refractivity contribution in [3.05, 3.63) is 47.9 Å². The predicted molar refractivity (Wildman–Crippen MR) is 70.4 cm³/mol. The van der Waals surface area contributed by atoms with E-state index in [2.05, 4.69) is 9.97 Å². The molecule has 0 aliphatic carbocycles. The maximum atomic E-state index is 9.02. The number of aromatic nitrogens is 2. The van der Waals surface area contributed by atoms with Gasteiger partial charge in [0.05, 0.1) is 0 Å². The number of hydrogen-bond acceptors (Lipinski definition) is 5. The van der Waals surface area contributed by atoms with Gasteiger partial charge < -0.3 is 15.6 Å². The smallest absolute Gasteiger partial charge is 0.249 e. The molecule has 19 heavy (non-hydrogen) atoms. The normalized spacial score (nSPS) is 10.2. The molecular weight excluding hydrogens is 244 g/mol. The first-order chi connectivity index (χ1) is 9.22. The number of rotatable bonds is 5. The first kappa shape index (κ1) is 13.0. The summed E-state index contributed by atoms with van der Waals surface area (Å²) < 4.78 is 5.65. The number of benzene rings is 1. The van der Waals surface area contributed by atoms with Gasteiger partial charge in [-0.25, -0.2) is 9.97 Å². The van der Waals surface area contributed by atoms with Crippen molar-refractivity contribution in [1.29, 1.82) is 5.41 Å². The lowest BCUT2D eigenvalue weighted by molar-refractivity contribution is 0.297. The Hall–Kier alpha value is -2.47. The van der Waals surface area contributed by atoms with Gasteiger partial charge in [-0.15, -0.1) is 0 Å². The summed E-state index contributed by atoms with van der Waals surface area (Å²) in [7, 11) is 0. The van der Waals surface area contributed by atoms with Crippen LogP contribution in [-0.4, -0.2) is 27.5 Å². The Morgan fingerprint density at radius 2 is 2.00 bits per heavy atom. The maximum absolute atomic E-state index is 9.02. The molecule has 1 heterocycles. The molecule has 1 aromatic carbocycles. The van der Waals surface area contributed by atoms with E-state index in [1.807, 2.05) is 18.2 Å². The number of nitrogens with zero attached hydrogens (tertiary/aromatic N) is 2. The molecule has 0 fully saturated rings. The second-order valence-corrected chi connectivity index (χ2v) is 3.81. The predicted octanol–water partition coefficient (Wildman–Crippen LogP) is 1.09. The largest absolute Gasteiger partial charge is 0.437 e. The highest BCUT2D eigenvalue weighted by atomic mass is 16.5. The Balaban J connectivity index is 2.34. The maximum Gasteiger partial charge on any atom is 0.249 e. The fraction of sp³-hybridized carbons (Fsp3) is 0.154. The van der Waals surface area contributed by atoms with Gasteiger partial charge in [0.15, 0.2) is 5.69 Å². The zero-order chi connectivity index (χ0) is 13.7. The van der Waals surface area contributed by atoms with Crippen LogP contribution >= 0.6 is 0 Å². The molecule has 0 saturated carbocycles. The van der Waals surface area contributed by atoms with Crippen LogP contribution in [-0.2, 0) is 6.42 Å². The average Bonchev–Trinajstić information content (AvgIpc) is 2.42. The molecular formula is C13H14N4O2. The van der Waals surface area contributed by atoms with Crippen LogP contribution in [0.3, 0.4) is 0 Å². The van der Waals surface area contributed by atoms with Crippen molar-refractivity contribution < 1.29 is 9.84 Å². The molecule has 6 heteroatoms. The third-order valence-corrected chi connectivity index (χ3v) is 2.48. The zero-order valence-corrected chi connectivity index (χ0v) is 10.2. The summed E-state index contributed by atoms with van der Waals surface area (Å²) in [6, 6.07) is 7.30. The molecule has 0 aliphatic rings. The number of nitrogens with two attached hydrogens (primary N) is 1. The van der Waals surface area contributed by atoms with Crippen LogP contribution < -0.4 is 10.5 Å². The molecule has 0 saturated heterocycles. The Labute approximate surface area is 110 Å². The molecule has 2 rings (SSSR count). The Morgan fingerprint density at radius 3 is 2.74 bits per heavy atom. The summed E-state index contributed by atoms with van der Waals surface area (Å²) in [5.41, 5.74) is 6.47. The van der Waals surface area contributed by atoms with E-state index >= 15 is 0 Å². The minimum Gasteiger partial charge on any atom is -0.437 e. The van der Waals surface area contributed by atoms with Gasteiger partial charge in [-0.05, 0) is 18.1 Å². The topological polar surface area (TPSA) is 105 Å². The number of amidine groups is 1. The van der Waals surface area contributed by atoms with Crippen molar-refractivity contribution in [1.82, 2.24) is 9.97 Å². The van der Waals surface area contributed by atoms with E-state index in [1.54, 1.807) is 6.07 Å². The molecule has 6 nitrogen and oxygen atoms in total. The minimum atomic E-state index is -0.206. The highest BCUT2D eigenvalue weighted by Gasteiger charge is 2.12. The molecule has 2 aromatic rings. The van der Waals surface area contributed by atoms with E-state index < -0.39 is 0 Å². The molecule has 1 aromatic heterocycles. The number of aliphatic hydroxyl groups excluding tert-OH is 1. The quantitative estimate of drug-likeness (QED) is 0.550. The molecule has 0 atom stereocenters. The number of aliphatic hydroxyl groups is 1. The monoisotopic (exact) mass is 258 g/mol. The lowest BCUT2D eigenvalue weighted by atomic mass is 10.1. The fourth-order valence-electron chi connectivity index (χ4n) is 1.62. The lowest BCUT2D eigenvalue weighted by Gasteiger charge is -2.11. The van der Waals surface area contributed by atoms with Crippen molar-refractivity contribution in [3.8, 4) is 11.6 Å². The van der Waals surface area contributed by atoms with E-state index in [9.17, 15) is 0 Å². The lowest BCUT2D eigenvalue weighted by Crippen LogP contribution is -2.15. The number of nitrogens with one attached hydrogen (secondary N) is 1. The van der Waals surface area contributed by atoms with E-state index in [-0.39, 0.29) is 24.0 Å². The molecule has 0 bridgehead atoms. The van der Waals surface area contributed by atoms with Crippen molar-refractivity contribution in [2.75, 3.05) is 6.61 Å². The summed E-state index contributed by atoms with van der Waals surface area (Å²) in [6.45, 7) is 0.0282. The van der Waals surface area contributed by atoms with Gasteiger partial charge in [-0.2, -0.15) is 0 Å². The molecule has 98 valence electrons. The SMILES string of the molecule is N=C(N)c1nccnc1Oc1ccccc1CCO. The van der Waals surface area contributed by atoms with E-state index in [1.165, 1.54) is 12.4 Å². The number of ether oxygens (including phenoxy) is 1. The number of nitrogen functional groups attached to an aromatic ring is 1. The average molecular weight is 258 g/mol. The zero-order valence-electron chi connectivity index (χ0n) is 10.2. The Kier molecular flexibility index (Phi) is 4.04. The van der Waals surface area contributed by atoms with Crippen LogP contribution in [0.5, 0.6) is 11.6 Å². The first-order valence-corrected chi connectivity index (χ1v) is 5.74. The van der Waals surface area contributed by atoms with Gasteiger partial charge in [0, 0.05) is 19.0 Å². The molecule has 0 amide bonds. The van der Waals surface area contributed by atoms with Crippen LogP contribution in [0.1, 0.15) is 11.3 Å². The van der Waals surface area contributed by atoms with Crippen molar-refractivity contribution in [2.24, 2.45) is 5.73 Å². The third-order valence-electron chi connectivity index (χ3n) is 2.48. The van der Waals surface area contributed by atoms with Crippen LogP contribution in [0.4, 0.5) is 0 Å². The van der Waals surface area contributed by atoms with Gasteiger partial charge in [-0.3, -0.25) is 5.41 Å². The van der Waals surface area contributed by atoms with Gasteiger partial charge in [0.25, 0.3) is 0 Å². The van der Waals surface area contributed by atoms with Crippen LogP contribution in [0.15, 0.2) is 36.7 Å². The summed E-state index contributed by atoms with van der Waals surface area (Å²) in [6.07, 6.45) is 3.39. The van der Waals surface area contributed by atoms with E-state index in [4.69, 9.17) is 21.0 Å². The van der Waals surface area contributed by atoms with Gasteiger partial charge in [0.2, 0.25) is 5.88 Å². The molecule has 0 aliphatic heterocycles. The van der Waals surface area contributed by atoms with Crippen LogP contribution in [0, 0.1) is 5.41 Å². The van der Waals surface area contributed by atoms with Gasteiger partial charge >= 0.3 is 0 Å². The molecule has 4 N–H and O–H groups in total. The molecule has 0 spiro atoms. The summed E-state index contributed by atoms with van der Waals surface area (Å²) in [5, 5.41) is 16.4. The summed E-state index contributed by atoms with van der Waals surface area (Å²) in [5.74, 6) is 0.544. The fourth-order valence-corrected chi connectivity index (χ4v) is 1.62. The summed E-state index contributed by atoms with van der Waals surface area (Å²) >= 11 is 0. The third kappa shape index (κ3) is 3.05. The second-order valence-electron chi connectivity index (χ2n) is 3.81. The number of para-hydroxylation sites is 1. The van der Waals surface area contributed by atoms with Crippen LogP contribution in [0.2, 0.25) is 0 Å². The highest BCUT2D eigenvalue weighted by Crippen LogP contribution is 2.25. The van der Waals surface area contributed by atoms with Crippen molar-refractivity contribution in [3.63, 3.8) is 0 Å². The summed E-state index contributed by atoms with van der Waals surface area (Å²) in [4.78, 5) is 7.99. The Morgan fingerprint density at radius 1 is 1.26 bits per heavy atom. The van der Waals surface area contributed by atoms with Crippen molar-refractivity contribution >= 4 is 5.84 Å². The van der Waals surface area contributed by atoms with E-state index in [0.29, 0.717) is 12.2 Å².